The number of nitrogens with zero attached hydrogens (tertiary/aromatic N) is 1. The number of rotatable bonds is 5. The number of sulfonamides is 1. The maximum Gasteiger partial charge on any atom is 0.263 e. The first-order chi connectivity index (χ1) is 9.83. The van der Waals surface area contributed by atoms with Crippen LogP contribution in [0.1, 0.15) is 10.4 Å². The van der Waals surface area contributed by atoms with Crippen molar-refractivity contribution in [2.45, 2.75) is 18.2 Å². The molecule has 21 heavy (non-hydrogen) atoms. The normalized spacial score (nSPS) is 11.6. The van der Waals surface area contributed by atoms with Crippen LogP contribution in [0.15, 0.2) is 23.1 Å². The minimum Gasteiger partial charge on any atom is -0.396 e. The van der Waals surface area contributed by atoms with Crippen molar-refractivity contribution in [2.24, 2.45) is 0 Å². The summed E-state index contributed by atoms with van der Waals surface area (Å²) in [6.45, 7) is 1.59. The first-order valence-electron chi connectivity index (χ1n) is 5.98. The molecule has 114 valence electrons. The second-order valence-electron chi connectivity index (χ2n) is 4.32. The number of aliphatic hydroxyl groups is 1. The lowest BCUT2D eigenvalue weighted by atomic mass is 10.2. The van der Waals surface area contributed by atoms with Gasteiger partial charge >= 0.3 is 0 Å². The molecule has 9 heteroatoms. The van der Waals surface area contributed by atoms with Crippen LogP contribution in [0.5, 0.6) is 0 Å². The molecule has 1 heterocycles. The summed E-state index contributed by atoms with van der Waals surface area (Å²) < 4.78 is 27.1. The third-order valence-corrected chi connectivity index (χ3v) is 5.62. The van der Waals surface area contributed by atoms with Gasteiger partial charge in [-0.3, -0.25) is 4.72 Å². The van der Waals surface area contributed by atoms with Gasteiger partial charge in [-0.2, -0.15) is 0 Å². The van der Waals surface area contributed by atoms with Crippen LogP contribution >= 0.6 is 22.9 Å². The number of anilines is 2. The molecule has 0 fully saturated rings. The van der Waals surface area contributed by atoms with Gasteiger partial charge in [0.05, 0.1) is 9.77 Å². The van der Waals surface area contributed by atoms with Crippen molar-refractivity contribution in [1.29, 1.82) is 0 Å². The Morgan fingerprint density at radius 2 is 2.19 bits per heavy atom. The van der Waals surface area contributed by atoms with Crippen LogP contribution in [0, 0.1) is 6.92 Å². The fourth-order valence-electron chi connectivity index (χ4n) is 1.77. The van der Waals surface area contributed by atoms with E-state index in [0.717, 1.165) is 11.3 Å². The standard InChI is InChI=1S/C12H14ClN3O3S2/c1-7-6-8(13)2-3-10(7)21(18,19)16-12-15-11(14)9(20-12)4-5-17/h2-3,6,17H,4-5,14H2,1H3,(H,15,16). The van der Waals surface area contributed by atoms with Gasteiger partial charge in [-0.25, -0.2) is 13.4 Å². The fraction of sp³-hybridized carbons (Fsp3) is 0.250. The van der Waals surface area contributed by atoms with Gasteiger partial charge in [0.25, 0.3) is 10.0 Å². The van der Waals surface area contributed by atoms with Gasteiger partial charge in [0.15, 0.2) is 5.13 Å². The van der Waals surface area contributed by atoms with E-state index in [9.17, 15) is 8.42 Å². The summed E-state index contributed by atoms with van der Waals surface area (Å²) in [7, 11) is -3.76. The molecule has 2 aromatic rings. The van der Waals surface area contributed by atoms with E-state index in [-0.39, 0.29) is 22.5 Å². The largest absolute Gasteiger partial charge is 0.396 e. The van der Waals surface area contributed by atoms with Gasteiger partial charge in [0.2, 0.25) is 0 Å². The number of aryl methyl sites for hydroxylation is 1. The highest BCUT2D eigenvalue weighted by atomic mass is 35.5. The van der Waals surface area contributed by atoms with Crippen LogP contribution in [-0.2, 0) is 16.4 Å². The van der Waals surface area contributed by atoms with Crippen LogP contribution in [0.3, 0.4) is 0 Å². The topological polar surface area (TPSA) is 105 Å². The average Bonchev–Trinajstić information content (AvgIpc) is 2.68. The molecule has 0 atom stereocenters. The van der Waals surface area contributed by atoms with Gasteiger partial charge in [-0.05, 0) is 30.7 Å². The summed E-state index contributed by atoms with van der Waals surface area (Å²) in [5.41, 5.74) is 6.21. The number of nitrogens with one attached hydrogen (secondary N) is 1. The molecule has 0 saturated heterocycles. The van der Waals surface area contributed by atoms with Crippen molar-refractivity contribution in [1.82, 2.24) is 4.98 Å². The summed E-state index contributed by atoms with van der Waals surface area (Å²) in [6.07, 6.45) is 0.338. The predicted octanol–water partition coefficient (Wildman–Crippen LogP) is 2.02. The van der Waals surface area contributed by atoms with E-state index in [0.29, 0.717) is 21.9 Å². The molecule has 0 bridgehead atoms. The molecular weight excluding hydrogens is 334 g/mol. The van der Waals surface area contributed by atoms with Crippen LogP contribution in [0.2, 0.25) is 5.02 Å². The molecule has 0 aliphatic carbocycles. The number of benzene rings is 1. The number of aliphatic hydroxyl groups excluding tert-OH is 1. The number of hydrogen-bond acceptors (Lipinski definition) is 6. The molecule has 1 aromatic carbocycles. The van der Waals surface area contributed by atoms with E-state index >= 15 is 0 Å². The highest BCUT2D eigenvalue weighted by molar-refractivity contribution is 7.93. The summed E-state index contributed by atoms with van der Waals surface area (Å²) in [5.74, 6) is 0.222. The van der Waals surface area contributed by atoms with Crippen molar-refractivity contribution in [3.8, 4) is 0 Å². The Labute approximate surface area is 131 Å². The molecule has 0 aliphatic rings. The minimum absolute atomic E-state index is 0.0745. The number of aromatic nitrogens is 1. The third kappa shape index (κ3) is 3.65. The molecular formula is C12H14ClN3O3S2. The summed E-state index contributed by atoms with van der Waals surface area (Å²) in [4.78, 5) is 4.73. The molecule has 0 saturated carbocycles. The van der Waals surface area contributed by atoms with E-state index in [1.807, 2.05) is 0 Å². The third-order valence-electron chi connectivity index (χ3n) is 2.71. The molecule has 1 aromatic heterocycles. The number of thiazole rings is 1. The van der Waals surface area contributed by atoms with Crippen molar-refractivity contribution in [2.75, 3.05) is 17.1 Å². The molecule has 2 rings (SSSR count). The van der Waals surface area contributed by atoms with Crippen molar-refractivity contribution in [3.05, 3.63) is 33.7 Å². The number of nitrogen functional groups attached to an aromatic ring is 1. The average molecular weight is 348 g/mol. The van der Waals surface area contributed by atoms with Crippen LogP contribution in [0.25, 0.3) is 0 Å². The van der Waals surface area contributed by atoms with Crippen molar-refractivity contribution in [3.63, 3.8) is 0 Å². The smallest absolute Gasteiger partial charge is 0.263 e. The second-order valence-corrected chi connectivity index (χ2v) is 7.49. The fourth-order valence-corrected chi connectivity index (χ4v) is 4.33. The van der Waals surface area contributed by atoms with E-state index < -0.39 is 10.0 Å². The molecule has 4 N–H and O–H groups in total. The van der Waals surface area contributed by atoms with Crippen molar-refractivity contribution < 1.29 is 13.5 Å². The van der Waals surface area contributed by atoms with Crippen LogP contribution < -0.4 is 10.5 Å². The lowest BCUT2D eigenvalue weighted by Crippen LogP contribution is -2.14. The number of nitrogens with two attached hydrogens (primary N) is 1. The maximum atomic E-state index is 12.3. The van der Waals surface area contributed by atoms with Crippen LogP contribution in [-0.4, -0.2) is 25.1 Å². The quantitative estimate of drug-likeness (QED) is 0.767. The Bertz CT molecular complexity index is 759. The Balaban J connectivity index is 2.31. The van der Waals surface area contributed by atoms with Gasteiger partial charge in [-0.15, -0.1) is 0 Å². The van der Waals surface area contributed by atoms with E-state index in [2.05, 4.69) is 9.71 Å². The Morgan fingerprint density at radius 1 is 1.48 bits per heavy atom. The highest BCUT2D eigenvalue weighted by Gasteiger charge is 2.19. The van der Waals surface area contributed by atoms with Gasteiger partial charge in [0, 0.05) is 18.1 Å². The first kappa shape index (κ1) is 16.0. The van der Waals surface area contributed by atoms with Gasteiger partial charge in [-0.1, -0.05) is 22.9 Å². The highest BCUT2D eigenvalue weighted by Crippen LogP contribution is 2.28. The zero-order valence-electron chi connectivity index (χ0n) is 11.1. The van der Waals surface area contributed by atoms with E-state index in [1.54, 1.807) is 13.0 Å². The van der Waals surface area contributed by atoms with Gasteiger partial charge in [0.1, 0.15) is 5.82 Å². The lowest BCUT2D eigenvalue weighted by Gasteiger charge is -2.08. The van der Waals surface area contributed by atoms with E-state index in [1.165, 1.54) is 12.1 Å². The monoisotopic (exact) mass is 347 g/mol. The molecule has 0 unspecified atom stereocenters. The molecule has 0 amide bonds. The molecule has 0 aliphatic heterocycles. The zero-order chi connectivity index (χ0) is 15.6. The zero-order valence-corrected chi connectivity index (χ0v) is 13.5. The predicted molar refractivity (Wildman–Crippen MR) is 84.3 cm³/mol. The summed E-state index contributed by atoms with van der Waals surface area (Å²) >= 11 is 6.92. The van der Waals surface area contributed by atoms with Gasteiger partial charge < -0.3 is 10.8 Å². The Hall–Kier alpha value is -1.35. The van der Waals surface area contributed by atoms with Crippen molar-refractivity contribution >= 4 is 43.9 Å². The molecule has 0 spiro atoms. The number of halogens is 1. The van der Waals surface area contributed by atoms with Crippen LogP contribution in [0.4, 0.5) is 10.9 Å². The Kier molecular flexibility index (Phi) is 4.72. The number of hydrogen-bond donors (Lipinski definition) is 3. The van der Waals surface area contributed by atoms with E-state index in [4.69, 9.17) is 22.4 Å². The summed E-state index contributed by atoms with van der Waals surface area (Å²) in [5, 5.41) is 9.54. The second kappa shape index (κ2) is 6.18. The lowest BCUT2D eigenvalue weighted by molar-refractivity contribution is 0.301. The molecule has 6 nitrogen and oxygen atoms in total. The minimum atomic E-state index is -3.76. The first-order valence-corrected chi connectivity index (χ1v) is 8.66. The molecule has 0 radical (unpaired) electrons. The summed E-state index contributed by atoms with van der Waals surface area (Å²) in [6, 6.07) is 4.52. The maximum absolute atomic E-state index is 12.3. The SMILES string of the molecule is Cc1cc(Cl)ccc1S(=O)(=O)Nc1nc(N)c(CCO)s1. The Morgan fingerprint density at radius 3 is 2.81 bits per heavy atom.